The monoisotopic (exact) mass is 215 g/mol. The third-order valence-electron chi connectivity index (χ3n) is 2.03. The lowest BCUT2D eigenvalue weighted by molar-refractivity contribution is -0.139. The quantitative estimate of drug-likeness (QED) is 0.442. The fourth-order valence-corrected chi connectivity index (χ4v) is 1.16. The van der Waals surface area contributed by atoms with E-state index in [2.05, 4.69) is 0 Å². The summed E-state index contributed by atoms with van der Waals surface area (Å²) in [5, 5.41) is 8.76. The fourth-order valence-electron chi connectivity index (χ4n) is 1.16. The first-order chi connectivity index (χ1) is 7.65. The summed E-state index contributed by atoms with van der Waals surface area (Å²) in [6, 6.07) is 11.2. The molecule has 0 aliphatic carbocycles. The largest absolute Gasteiger partial charge is 0.457 e. The summed E-state index contributed by atoms with van der Waals surface area (Å²) in [6.45, 7) is 3.61. The van der Waals surface area contributed by atoms with Crippen molar-refractivity contribution in [3.63, 3.8) is 0 Å². The van der Waals surface area contributed by atoms with Gasteiger partial charge in [0, 0.05) is 0 Å². The average molecular weight is 215 g/mol. The second-order valence-electron chi connectivity index (χ2n) is 3.55. The summed E-state index contributed by atoms with van der Waals surface area (Å²) in [5.74, 6) is -0.564. The Kier molecular flexibility index (Phi) is 4.28. The molecular formula is C13H13NO2. The molecule has 0 spiro atoms. The number of ether oxygens (including phenoxy) is 1. The van der Waals surface area contributed by atoms with Gasteiger partial charge in [-0.1, -0.05) is 35.9 Å². The van der Waals surface area contributed by atoms with Gasteiger partial charge in [-0.15, -0.1) is 0 Å². The van der Waals surface area contributed by atoms with Crippen LogP contribution in [0, 0.1) is 11.3 Å². The first-order valence-corrected chi connectivity index (χ1v) is 4.93. The minimum Gasteiger partial charge on any atom is -0.457 e. The molecule has 0 aliphatic heterocycles. The van der Waals surface area contributed by atoms with Crippen LogP contribution in [0.5, 0.6) is 0 Å². The molecule has 0 aromatic heterocycles. The second kappa shape index (κ2) is 5.72. The fraction of sp³-hybridized carbons (Fsp3) is 0.231. The molecule has 1 aromatic rings. The van der Waals surface area contributed by atoms with Crippen LogP contribution < -0.4 is 0 Å². The molecule has 0 bridgehead atoms. The van der Waals surface area contributed by atoms with Crippen LogP contribution >= 0.6 is 0 Å². The van der Waals surface area contributed by atoms with E-state index >= 15 is 0 Å². The van der Waals surface area contributed by atoms with E-state index in [0.717, 1.165) is 5.56 Å². The number of nitrogens with zero attached hydrogens (tertiary/aromatic N) is 1. The van der Waals surface area contributed by atoms with Gasteiger partial charge in [-0.2, -0.15) is 5.26 Å². The topological polar surface area (TPSA) is 50.1 Å². The number of esters is 1. The molecule has 1 rings (SSSR count). The average Bonchev–Trinajstić information content (AvgIpc) is 2.28. The number of carbonyl (C=O) groups excluding carboxylic acids is 1. The zero-order valence-electron chi connectivity index (χ0n) is 9.36. The van der Waals surface area contributed by atoms with Gasteiger partial charge in [-0.25, -0.2) is 4.79 Å². The molecule has 0 saturated carbocycles. The minimum atomic E-state index is -0.564. The van der Waals surface area contributed by atoms with Crippen LogP contribution in [-0.4, -0.2) is 5.97 Å². The predicted octanol–water partition coefficient (Wildman–Crippen LogP) is 2.59. The van der Waals surface area contributed by atoms with Crippen molar-refractivity contribution in [2.75, 3.05) is 0 Å². The van der Waals surface area contributed by atoms with Crippen LogP contribution in [0.15, 0.2) is 41.5 Å². The standard InChI is InChI=1S/C13H13NO2/c1-10(2)12(8-14)13(15)16-9-11-6-4-3-5-7-11/h3-7H,9H2,1-2H3. The van der Waals surface area contributed by atoms with E-state index in [-0.39, 0.29) is 12.2 Å². The normalized spacial score (nSPS) is 9.06. The number of benzene rings is 1. The third-order valence-corrected chi connectivity index (χ3v) is 2.03. The van der Waals surface area contributed by atoms with Crippen LogP contribution in [-0.2, 0) is 16.1 Å². The van der Waals surface area contributed by atoms with Crippen molar-refractivity contribution in [2.45, 2.75) is 20.5 Å². The lowest BCUT2D eigenvalue weighted by Gasteiger charge is -2.04. The molecule has 0 unspecified atom stereocenters. The van der Waals surface area contributed by atoms with Crippen LogP contribution in [0.3, 0.4) is 0 Å². The van der Waals surface area contributed by atoms with Gasteiger partial charge in [0.15, 0.2) is 0 Å². The maximum atomic E-state index is 11.5. The van der Waals surface area contributed by atoms with Gasteiger partial charge in [0.05, 0.1) is 0 Å². The highest BCUT2D eigenvalue weighted by molar-refractivity contribution is 5.93. The molecule has 0 fully saturated rings. The van der Waals surface area contributed by atoms with Gasteiger partial charge >= 0.3 is 5.97 Å². The van der Waals surface area contributed by atoms with E-state index in [1.54, 1.807) is 13.8 Å². The Hall–Kier alpha value is -2.08. The summed E-state index contributed by atoms with van der Waals surface area (Å²) < 4.78 is 5.02. The molecule has 0 radical (unpaired) electrons. The van der Waals surface area contributed by atoms with E-state index in [0.29, 0.717) is 5.57 Å². The maximum Gasteiger partial charge on any atom is 0.349 e. The van der Waals surface area contributed by atoms with Gasteiger partial charge in [0.1, 0.15) is 18.2 Å². The van der Waals surface area contributed by atoms with Crippen molar-refractivity contribution < 1.29 is 9.53 Å². The van der Waals surface area contributed by atoms with Gasteiger partial charge in [-0.3, -0.25) is 0 Å². The SMILES string of the molecule is CC(C)=C(C#N)C(=O)OCc1ccccc1. The summed E-state index contributed by atoms with van der Waals surface area (Å²) >= 11 is 0. The molecule has 82 valence electrons. The van der Waals surface area contributed by atoms with Crippen molar-refractivity contribution in [1.29, 1.82) is 5.26 Å². The summed E-state index contributed by atoms with van der Waals surface area (Å²) in [5.41, 5.74) is 1.65. The molecule has 0 atom stereocenters. The molecule has 0 aliphatic rings. The molecule has 3 nitrogen and oxygen atoms in total. The molecule has 0 amide bonds. The van der Waals surface area contributed by atoms with Crippen molar-refractivity contribution >= 4 is 5.97 Å². The Labute approximate surface area is 95.0 Å². The zero-order chi connectivity index (χ0) is 12.0. The van der Waals surface area contributed by atoms with E-state index in [1.165, 1.54) is 0 Å². The number of nitriles is 1. The molecule has 3 heteroatoms. The number of carbonyl (C=O) groups is 1. The number of hydrogen-bond acceptors (Lipinski definition) is 3. The molecular weight excluding hydrogens is 202 g/mol. The van der Waals surface area contributed by atoms with Crippen molar-refractivity contribution in [1.82, 2.24) is 0 Å². The number of hydrogen-bond donors (Lipinski definition) is 0. The van der Waals surface area contributed by atoms with Gasteiger partial charge in [0.2, 0.25) is 0 Å². The summed E-state index contributed by atoms with van der Waals surface area (Å²) in [7, 11) is 0. The molecule has 0 N–H and O–H groups in total. The maximum absolute atomic E-state index is 11.5. The second-order valence-corrected chi connectivity index (χ2v) is 3.55. The number of rotatable bonds is 3. The van der Waals surface area contributed by atoms with Crippen LogP contribution in [0.4, 0.5) is 0 Å². The van der Waals surface area contributed by atoms with Crippen molar-refractivity contribution in [3.8, 4) is 6.07 Å². The lowest BCUT2D eigenvalue weighted by Crippen LogP contribution is -2.08. The molecule has 1 aromatic carbocycles. The van der Waals surface area contributed by atoms with E-state index < -0.39 is 5.97 Å². The molecule has 0 saturated heterocycles. The van der Waals surface area contributed by atoms with Gasteiger partial charge in [-0.05, 0) is 19.4 Å². The highest BCUT2D eigenvalue weighted by atomic mass is 16.5. The van der Waals surface area contributed by atoms with Gasteiger partial charge in [0.25, 0.3) is 0 Å². The van der Waals surface area contributed by atoms with Gasteiger partial charge < -0.3 is 4.74 Å². The Morgan fingerprint density at radius 2 is 1.94 bits per heavy atom. The Morgan fingerprint density at radius 3 is 2.44 bits per heavy atom. The highest BCUT2D eigenvalue weighted by Gasteiger charge is 2.11. The first-order valence-electron chi connectivity index (χ1n) is 4.93. The lowest BCUT2D eigenvalue weighted by atomic mass is 10.2. The Balaban J connectivity index is 2.61. The highest BCUT2D eigenvalue weighted by Crippen LogP contribution is 2.07. The minimum absolute atomic E-state index is 0.0796. The van der Waals surface area contributed by atoms with E-state index in [1.807, 2.05) is 36.4 Å². The van der Waals surface area contributed by atoms with Crippen LogP contribution in [0.2, 0.25) is 0 Å². The van der Waals surface area contributed by atoms with Crippen molar-refractivity contribution in [3.05, 3.63) is 47.0 Å². The predicted molar refractivity (Wildman–Crippen MR) is 60.2 cm³/mol. The summed E-state index contributed by atoms with van der Waals surface area (Å²) in [4.78, 5) is 11.5. The van der Waals surface area contributed by atoms with E-state index in [4.69, 9.17) is 10.00 Å². The third kappa shape index (κ3) is 3.25. The number of allylic oxidation sites excluding steroid dienone is 1. The first kappa shape index (κ1) is 12.0. The smallest absolute Gasteiger partial charge is 0.349 e. The Bertz CT molecular complexity index is 437. The van der Waals surface area contributed by atoms with E-state index in [9.17, 15) is 4.79 Å². The van der Waals surface area contributed by atoms with Crippen LogP contribution in [0.1, 0.15) is 19.4 Å². The van der Waals surface area contributed by atoms with Crippen molar-refractivity contribution in [2.24, 2.45) is 0 Å². The Morgan fingerprint density at radius 1 is 1.31 bits per heavy atom. The molecule has 0 heterocycles. The summed E-state index contributed by atoms with van der Waals surface area (Å²) in [6.07, 6.45) is 0. The zero-order valence-corrected chi connectivity index (χ0v) is 9.36. The molecule has 16 heavy (non-hydrogen) atoms. The van der Waals surface area contributed by atoms with Crippen LogP contribution in [0.25, 0.3) is 0 Å².